The molecule has 0 aliphatic rings. The van der Waals surface area contributed by atoms with Gasteiger partial charge >= 0.3 is 0 Å². The van der Waals surface area contributed by atoms with Gasteiger partial charge in [0, 0.05) is 17.4 Å². The van der Waals surface area contributed by atoms with E-state index in [1.807, 2.05) is 18.2 Å². The molecule has 3 aromatic carbocycles. The third-order valence-corrected chi connectivity index (χ3v) is 4.46. The zero-order chi connectivity index (χ0) is 16.5. The standard InChI is InChI=1S/C21H19NO2/c1-23-18-12-13-19(24-2)21-20(18)16-10-6-7-11-17(16)22(21)14-15-8-4-3-5-9-15/h3-13H,14H2,1-2H3. The average Bonchev–Trinajstić information content (AvgIpc) is 2.97. The molecule has 1 heterocycles. The van der Waals surface area contributed by atoms with Crippen LogP contribution >= 0.6 is 0 Å². The summed E-state index contributed by atoms with van der Waals surface area (Å²) in [7, 11) is 3.43. The Labute approximate surface area is 141 Å². The first-order chi connectivity index (χ1) is 11.8. The van der Waals surface area contributed by atoms with E-state index >= 15 is 0 Å². The van der Waals surface area contributed by atoms with Crippen molar-refractivity contribution in [2.24, 2.45) is 0 Å². The average molecular weight is 317 g/mol. The van der Waals surface area contributed by atoms with Crippen LogP contribution in [0.1, 0.15) is 5.56 Å². The number of rotatable bonds is 4. The molecule has 0 unspecified atom stereocenters. The summed E-state index contributed by atoms with van der Waals surface area (Å²) in [6, 6.07) is 22.8. The number of fused-ring (bicyclic) bond motifs is 3. The Hall–Kier alpha value is -2.94. The van der Waals surface area contributed by atoms with Crippen molar-refractivity contribution >= 4 is 21.8 Å². The van der Waals surface area contributed by atoms with Crippen LogP contribution in [0.25, 0.3) is 21.8 Å². The van der Waals surface area contributed by atoms with Gasteiger partial charge in [-0.1, -0.05) is 48.5 Å². The first-order valence-electron chi connectivity index (χ1n) is 7.99. The summed E-state index contributed by atoms with van der Waals surface area (Å²) in [4.78, 5) is 0. The molecule has 0 aliphatic carbocycles. The summed E-state index contributed by atoms with van der Waals surface area (Å²) in [5.74, 6) is 1.73. The molecule has 1 aromatic heterocycles. The monoisotopic (exact) mass is 317 g/mol. The van der Waals surface area contributed by atoms with Crippen molar-refractivity contribution in [3.8, 4) is 11.5 Å². The second-order valence-corrected chi connectivity index (χ2v) is 5.78. The number of hydrogen-bond acceptors (Lipinski definition) is 2. The Balaban J connectivity index is 2.09. The molecule has 0 bridgehead atoms. The molecule has 0 spiro atoms. The number of ether oxygens (including phenoxy) is 2. The molecule has 3 nitrogen and oxygen atoms in total. The second kappa shape index (κ2) is 5.93. The van der Waals surface area contributed by atoms with Crippen LogP contribution in [-0.2, 0) is 6.54 Å². The molecule has 0 saturated carbocycles. The van der Waals surface area contributed by atoms with Gasteiger partial charge in [0.25, 0.3) is 0 Å². The lowest BCUT2D eigenvalue weighted by Crippen LogP contribution is -2.00. The van der Waals surface area contributed by atoms with Gasteiger partial charge in [-0.25, -0.2) is 0 Å². The number of benzene rings is 3. The Morgan fingerprint density at radius 1 is 0.750 bits per heavy atom. The maximum Gasteiger partial charge on any atom is 0.143 e. The highest BCUT2D eigenvalue weighted by Gasteiger charge is 2.18. The number of nitrogens with zero attached hydrogens (tertiary/aromatic N) is 1. The molecule has 24 heavy (non-hydrogen) atoms. The maximum atomic E-state index is 5.66. The Bertz CT molecular complexity index is 1000. The van der Waals surface area contributed by atoms with Gasteiger partial charge in [0.15, 0.2) is 0 Å². The van der Waals surface area contributed by atoms with E-state index in [9.17, 15) is 0 Å². The molecular formula is C21H19NO2. The molecule has 4 rings (SSSR count). The van der Waals surface area contributed by atoms with Crippen molar-refractivity contribution in [3.63, 3.8) is 0 Å². The zero-order valence-electron chi connectivity index (χ0n) is 13.8. The van der Waals surface area contributed by atoms with Crippen LogP contribution in [-0.4, -0.2) is 18.8 Å². The van der Waals surface area contributed by atoms with E-state index in [4.69, 9.17) is 9.47 Å². The summed E-state index contributed by atoms with van der Waals surface area (Å²) in [6.45, 7) is 0.786. The second-order valence-electron chi connectivity index (χ2n) is 5.78. The fourth-order valence-electron chi connectivity index (χ4n) is 3.39. The molecule has 0 fully saturated rings. The smallest absolute Gasteiger partial charge is 0.143 e. The molecule has 4 aromatic rings. The zero-order valence-corrected chi connectivity index (χ0v) is 13.8. The first-order valence-corrected chi connectivity index (χ1v) is 7.99. The van der Waals surface area contributed by atoms with Gasteiger partial charge in [-0.2, -0.15) is 0 Å². The largest absolute Gasteiger partial charge is 0.496 e. The fourth-order valence-corrected chi connectivity index (χ4v) is 3.39. The summed E-state index contributed by atoms with van der Waals surface area (Å²) >= 11 is 0. The summed E-state index contributed by atoms with van der Waals surface area (Å²) in [5.41, 5.74) is 3.51. The normalized spacial score (nSPS) is 11.1. The Morgan fingerprint density at radius 3 is 2.17 bits per heavy atom. The molecule has 0 atom stereocenters. The van der Waals surface area contributed by atoms with E-state index in [0.29, 0.717) is 0 Å². The summed E-state index contributed by atoms with van der Waals surface area (Å²) < 4.78 is 13.6. The van der Waals surface area contributed by atoms with Crippen LogP contribution in [0.4, 0.5) is 0 Å². The van der Waals surface area contributed by atoms with Gasteiger partial charge in [-0.05, 0) is 23.8 Å². The molecule has 3 heteroatoms. The van der Waals surface area contributed by atoms with E-state index in [1.165, 1.54) is 16.5 Å². The van der Waals surface area contributed by atoms with Gasteiger partial charge in [0.2, 0.25) is 0 Å². The lowest BCUT2D eigenvalue weighted by Gasteiger charge is -2.11. The van der Waals surface area contributed by atoms with Crippen molar-refractivity contribution in [1.29, 1.82) is 0 Å². The van der Waals surface area contributed by atoms with Crippen molar-refractivity contribution in [2.75, 3.05) is 14.2 Å². The van der Waals surface area contributed by atoms with Gasteiger partial charge in [-0.3, -0.25) is 0 Å². The SMILES string of the molecule is COc1ccc(OC)c2c1c1ccccc1n2Cc1ccccc1. The minimum atomic E-state index is 0.786. The summed E-state index contributed by atoms with van der Waals surface area (Å²) in [6.07, 6.45) is 0. The minimum Gasteiger partial charge on any atom is -0.496 e. The lowest BCUT2D eigenvalue weighted by atomic mass is 10.1. The number of para-hydroxylation sites is 1. The third-order valence-electron chi connectivity index (χ3n) is 4.46. The highest BCUT2D eigenvalue weighted by Crippen LogP contribution is 2.40. The van der Waals surface area contributed by atoms with Gasteiger partial charge in [0.05, 0.1) is 25.1 Å². The van der Waals surface area contributed by atoms with Crippen LogP contribution in [0.2, 0.25) is 0 Å². The van der Waals surface area contributed by atoms with E-state index < -0.39 is 0 Å². The quantitative estimate of drug-likeness (QED) is 0.536. The molecule has 120 valence electrons. The topological polar surface area (TPSA) is 23.4 Å². The van der Waals surface area contributed by atoms with Gasteiger partial charge in [-0.15, -0.1) is 0 Å². The highest BCUT2D eigenvalue weighted by molar-refractivity contribution is 6.13. The fraction of sp³-hybridized carbons (Fsp3) is 0.143. The van der Waals surface area contributed by atoms with Crippen LogP contribution in [0.5, 0.6) is 11.5 Å². The predicted molar refractivity (Wildman–Crippen MR) is 98.1 cm³/mol. The van der Waals surface area contributed by atoms with E-state index in [2.05, 4.69) is 53.1 Å². The summed E-state index contributed by atoms with van der Waals surface area (Å²) in [5, 5.41) is 2.28. The number of hydrogen-bond donors (Lipinski definition) is 0. The molecule has 0 N–H and O–H groups in total. The maximum absolute atomic E-state index is 5.66. The Kier molecular flexibility index (Phi) is 3.62. The highest BCUT2D eigenvalue weighted by atomic mass is 16.5. The van der Waals surface area contributed by atoms with Gasteiger partial charge < -0.3 is 14.0 Å². The van der Waals surface area contributed by atoms with Crippen molar-refractivity contribution in [3.05, 3.63) is 72.3 Å². The number of aromatic nitrogens is 1. The first kappa shape index (κ1) is 14.6. The van der Waals surface area contributed by atoms with Crippen LogP contribution in [0, 0.1) is 0 Å². The van der Waals surface area contributed by atoms with E-state index in [1.54, 1.807) is 14.2 Å². The molecule has 0 aliphatic heterocycles. The minimum absolute atomic E-state index is 0.786. The van der Waals surface area contributed by atoms with Crippen LogP contribution in [0.3, 0.4) is 0 Å². The lowest BCUT2D eigenvalue weighted by molar-refractivity contribution is 0.409. The third kappa shape index (κ3) is 2.21. The van der Waals surface area contributed by atoms with E-state index in [0.717, 1.165) is 28.9 Å². The van der Waals surface area contributed by atoms with Crippen LogP contribution in [0.15, 0.2) is 66.7 Å². The molecule has 0 amide bonds. The van der Waals surface area contributed by atoms with E-state index in [-0.39, 0.29) is 0 Å². The Morgan fingerprint density at radius 2 is 1.42 bits per heavy atom. The van der Waals surface area contributed by atoms with Crippen molar-refractivity contribution in [2.45, 2.75) is 6.54 Å². The predicted octanol–water partition coefficient (Wildman–Crippen LogP) is 4.86. The van der Waals surface area contributed by atoms with Crippen molar-refractivity contribution < 1.29 is 9.47 Å². The number of methoxy groups -OCH3 is 2. The van der Waals surface area contributed by atoms with Crippen LogP contribution < -0.4 is 9.47 Å². The molecule has 0 radical (unpaired) electrons. The molecule has 0 saturated heterocycles. The van der Waals surface area contributed by atoms with Crippen molar-refractivity contribution in [1.82, 2.24) is 4.57 Å². The molecular weight excluding hydrogens is 298 g/mol. The van der Waals surface area contributed by atoms with Gasteiger partial charge in [0.1, 0.15) is 11.5 Å².